The first-order chi connectivity index (χ1) is 7.58. The number of aromatic nitrogens is 1. The Morgan fingerprint density at radius 2 is 2.19 bits per heavy atom. The van der Waals surface area contributed by atoms with E-state index in [1.54, 1.807) is 12.1 Å². The van der Waals surface area contributed by atoms with E-state index in [1.165, 1.54) is 13.0 Å². The van der Waals surface area contributed by atoms with Crippen molar-refractivity contribution in [2.24, 2.45) is 0 Å². The lowest BCUT2D eigenvalue weighted by molar-refractivity contribution is -0.114. The number of hydrogen-bond donors (Lipinski definition) is 2. The molecule has 0 aliphatic heterocycles. The minimum atomic E-state index is -1.15. The van der Waals surface area contributed by atoms with Gasteiger partial charge in [0.1, 0.15) is 0 Å². The van der Waals surface area contributed by atoms with Gasteiger partial charge in [-0.15, -0.1) is 0 Å². The minimum Gasteiger partial charge on any atom is -0.476 e. The van der Waals surface area contributed by atoms with Gasteiger partial charge in [-0.05, 0) is 12.1 Å². The lowest BCUT2D eigenvalue weighted by Gasteiger charge is -1.99. The minimum absolute atomic E-state index is 0.135. The second-order valence-electron chi connectivity index (χ2n) is 3.23. The van der Waals surface area contributed by atoms with Gasteiger partial charge in [-0.25, -0.2) is 4.79 Å². The second-order valence-corrected chi connectivity index (χ2v) is 3.23. The van der Waals surface area contributed by atoms with Crippen molar-refractivity contribution >= 4 is 28.5 Å². The molecule has 2 rings (SSSR count). The molecule has 0 radical (unpaired) electrons. The summed E-state index contributed by atoms with van der Waals surface area (Å²) in [6, 6.07) is 4.66. The van der Waals surface area contributed by atoms with Gasteiger partial charge in [-0.1, -0.05) is 5.16 Å². The number of fused-ring (bicyclic) bond motifs is 1. The molecule has 0 unspecified atom stereocenters. The summed E-state index contributed by atoms with van der Waals surface area (Å²) in [6.45, 7) is 1.38. The third kappa shape index (κ3) is 1.72. The van der Waals surface area contributed by atoms with E-state index in [4.69, 9.17) is 9.63 Å². The third-order valence-corrected chi connectivity index (χ3v) is 1.99. The number of anilines is 1. The Balaban J connectivity index is 2.49. The molecule has 2 aromatic rings. The highest BCUT2D eigenvalue weighted by atomic mass is 16.5. The SMILES string of the molecule is CC(=O)Nc1ccc2c(C(=O)O)noc2c1. The van der Waals surface area contributed by atoms with Crippen molar-refractivity contribution in [2.75, 3.05) is 5.32 Å². The molecule has 0 saturated carbocycles. The summed E-state index contributed by atoms with van der Waals surface area (Å²) in [5.74, 6) is -1.36. The average Bonchev–Trinajstić information content (AvgIpc) is 2.59. The van der Waals surface area contributed by atoms with E-state index < -0.39 is 5.97 Å². The molecule has 0 bridgehead atoms. The Kier molecular flexibility index (Phi) is 2.32. The zero-order chi connectivity index (χ0) is 11.7. The summed E-state index contributed by atoms with van der Waals surface area (Å²) in [6.07, 6.45) is 0. The summed E-state index contributed by atoms with van der Waals surface area (Å²) < 4.78 is 4.85. The quantitative estimate of drug-likeness (QED) is 0.799. The van der Waals surface area contributed by atoms with Crippen LogP contribution in [-0.4, -0.2) is 22.1 Å². The number of carbonyl (C=O) groups excluding carboxylic acids is 1. The molecule has 0 fully saturated rings. The molecule has 0 aliphatic rings. The molecule has 1 amide bonds. The number of amides is 1. The highest BCUT2D eigenvalue weighted by Gasteiger charge is 2.14. The molecule has 82 valence electrons. The van der Waals surface area contributed by atoms with E-state index in [9.17, 15) is 9.59 Å². The second kappa shape index (κ2) is 3.65. The fraction of sp³-hybridized carbons (Fsp3) is 0.100. The highest BCUT2D eigenvalue weighted by molar-refractivity contribution is 6.01. The molecule has 0 saturated heterocycles. The van der Waals surface area contributed by atoms with Gasteiger partial charge >= 0.3 is 5.97 Å². The summed E-state index contributed by atoms with van der Waals surface area (Å²) in [5, 5.41) is 15.2. The fourth-order valence-corrected chi connectivity index (χ4v) is 1.37. The van der Waals surface area contributed by atoms with Crippen molar-refractivity contribution in [3.05, 3.63) is 23.9 Å². The van der Waals surface area contributed by atoms with Crippen molar-refractivity contribution in [2.45, 2.75) is 6.92 Å². The van der Waals surface area contributed by atoms with E-state index >= 15 is 0 Å². The number of rotatable bonds is 2. The zero-order valence-corrected chi connectivity index (χ0v) is 8.35. The molecule has 0 atom stereocenters. The van der Waals surface area contributed by atoms with Crippen LogP contribution in [0.5, 0.6) is 0 Å². The van der Waals surface area contributed by atoms with E-state index in [-0.39, 0.29) is 11.6 Å². The van der Waals surface area contributed by atoms with Crippen molar-refractivity contribution in [1.29, 1.82) is 0 Å². The lowest BCUT2D eigenvalue weighted by Crippen LogP contribution is -2.05. The number of hydrogen-bond acceptors (Lipinski definition) is 4. The monoisotopic (exact) mass is 220 g/mol. The molecule has 1 aromatic heterocycles. The van der Waals surface area contributed by atoms with E-state index in [0.29, 0.717) is 16.7 Å². The van der Waals surface area contributed by atoms with Crippen LogP contribution in [0, 0.1) is 0 Å². The fourth-order valence-electron chi connectivity index (χ4n) is 1.37. The standard InChI is InChI=1S/C10H8N2O4/c1-5(13)11-6-2-3-7-8(4-6)16-12-9(7)10(14)15/h2-4H,1H3,(H,11,13)(H,14,15). The smallest absolute Gasteiger partial charge is 0.358 e. The van der Waals surface area contributed by atoms with Gasteiger partial charge in [0.25, 0.3) is 0 Å². The normalized spacial score (nSPS) is 10.3. The summed E-state index contributed by atoms with van der Waals surface area (Å²) in [5.41, 5.74) is 0.723. The number of nitrogens with zero attached hydrogens (tertiary/aromatic N) is 1. The maximum absolute atomic E-state index is 10.8. The Labute approximate surface area is 89.8 Å². The molecule has 1 aromatic carbocycles. The van der Waals surface area contributed by atoms with E-state index in [1.807, 2.05) is 0 Å². The third-order valence-electron chi connectivity index (χ3n) is 1.99. The highest BCUT2D eigenvalue weighted by Crippen LogP contribution is 2.22. The topological polar surface area (TPSA) is 92.4 Å². The summed E-state index contributed by atoms with van der Waals surface area (Å²) in [4.78, 5) is 21.6. The largest absolute Gasteiger partial charge is 0.476 e. The Morgan fingerprint density at radius 3 is 2.81 bits per heavy atom. The maximum atomic E-state index is 10.8. The molecule has 0 spiro atoms. The lowest BCUT2D eigenvalue weighted by atomic mass is 10.2. The number of aromatic carboxylic acids is 1. The van der Waals surface area contributed by atoms with Crippen molar-refractivity contribution in [3.8, 4) is 0 Å². The van der Waals surface area contributed by atoms with Crippen LogP contribution in [0.15, 0.2) is 22.7 Å². The van der Waals surface area contributed by atoms with Crippen LogP contribution >= 0.6 is 0 Å². The van der Waals surface area contributed by atoms with Crippen LogP contribution in [0.4, 0.5) is 5.69 Å². The van der Waals surface area contributed by atoms with Crippen LogP contribution in [0.2, 0.25) is 0 Å². The first-order valence-electron chi connectivity index (χ1n) is 4.48. The van der Waals surface area contributed by atoms with Gasteiger partial charge in [0.15, 0.2) is 11.3 Å². The average molecular weight is 220 g/mol. The van der Waals surface area contributed by atoms with Crippen LogP contribution in [0.1, 0.15) is 17.4 Å². The molecule has 0 aliphatic carbocycles. The molecule has 2 N–H and O–H groups in total. The Bertz CT molecular complexity index is 573. The molecule has 6 heteroatoms. The first-order valence-corrected chi connectivity index (χ1v) is 4.48. The number of carboxylic acids is 1. The molecule has 1 heterocycles. The van der Waals surface area contributed by atoms with Gasteiger partial charge in [-0.2, -0.15) is 0 Å². The van der Waals surface area contributed by atoms with E-state index in [2.05, 4.69) is 10.5 Å². The number of carbonyl (C=O) groups is 2. The number of nitrogens with one attached hydrogen (secondary N) is 1. The first kappa shape index (κ1) is 10.2. The maximum Gasteiger partial charge on any atom is 0.358 e. The number of benzene rings is 1. The van der Waals surface area contributed by atoms with Gasteiger partial charge in [-0.3, -0.25) is 4.79 Å². The van der Waals surface area contributed by atoms with Gasteiger partial charge in [0.05, 0.1) is 5.39 Å². The van der Waals surface area contributed by atoms with Crippen LogP contribution in [0.25, 0.3) is 11.0 Å². The molecule has 6 nitrogen and oxygen atoms in total. The van der Waals surface area contributed by atoms with Gasteiger partial charge in [0, 0.05) is 18.7 Å². The van der Waals surface area contributed by atoms with Gasteiger partial charge < -0.3 is 14.9 Å². The molecule has 16 heavy (non-hydrogen) atoms. The van der Waals surface area contributed by atoms with E-state index in [0.717, 1.165) is 0 Å². The van der Waals surface area contributed by atoms with Crippen LogP contribution in [0.3, 0.4) is 0 Å². The zero-order valence-electron chi connectivity index (χ0n) is 8.35. The molecular weight excluding hydrogens is 212 g/mol. The Hall–Kier alpha value is -2.37. The Morgan fingerprint density at radius 1 is 1.44 bits per heavy atom. The summed E-state index contributed by atoms with van der Waals surface area (Å²) >= 11 is 0. The number of carboxylic acid groups (broad SMARTS) is 1. The predicted molar refractivity (Wildman–Crippen MR) is 55.3 cm³/mol. The predicted octanol–water partition coefficient (Wildman–Crippen LogP) is 1.48. The molecular formula is C10H8N2O4. The van der Waals surface area contributed by atoms with Crippen molar-refractivity contribution < 1.29 is 19.2 Å². The van der Waals surface area contributed by atoms with Gasteiger partial charge in [0.2, 0.25) is 5.91 Å². The van der Waals surface area contributed by atoms with Crippen molar-refractivity contribution in [3.63, 3.8) is 0 Å². The van der Waals surface area contributed by atoms with Crippen molar-refractivity contribution in [1.82, 2.24) is 5.16 Å². The van der Waals surface area contributed by atoms with Crippen LogP contribution in [-0.2, 0) is 4.79 Å². The van der Waals surface area contributed by atoms with Crippen LogP contribution < -0.4 is 5.32 Å². The summed E-state index contributed by atoms with van der Waals surface area (Å²) in [7, 11) is 0.